The van der Waals surface area contributed by atoms with Crippen LogP contribution in [0.5, 0.6) is 5.75 Å². The second-order valence-corrected chi connectivity index (χ2v) is 14.0. The number of aromatic amines is 1. The van der Waals surface area contributed by atoms with E-state index in [-0.39, 0.29) is 42.3 Å². The van der Waals surface area contributed by atoms with Crippen LogP contribution in [0.3, 0.4) is 0 Å². The average Bonchev–Trinajstić information content (AvgIpc) is 3.32. The zero-order valence-corrected chi connectivity index (χ0v) is 27.6. The molecule has 3 aromatic rings. The summed E-state index contributed by atoms with van der Waals surface area (Å²) in [6.45, 7) is 11.6. The fourth-order valence-corrected chi connectivity index (χ4v) is 5.84. The van der Waals surface area contributed by atoms with Crippen LogP contribution in [0, 0.1) is 5.82 Å². The van der Waals surface area contributed by atoms with Crippen molar-refractivity contribution in [3.05, 3.63) is 53.1 Å². The van der Waals surface area contributed by atoms with Crippen molar-refractivity contribution in [2.45, 2.75) is 83.8 Å². The van der Waals surface area contributed by atoms with Gasteiger partial charge in [0.05, 0.1) is 17.4 Å². The third kappa shape index (κ3) is 8.29. The van der Waals surface area contributed by atoms with Crippen LogP contribution in [-0.4, -0.2) is 81.6 Å². The van der Waals surface area contributed by atoms with Crippen LogP contribution in [-0.2, 0) is 9.47 Å². The van der Waals surface area contributed by atoms with Crippen molar-refractivity contribution in [3.8, 4) is 5.75 Å². The number of fused-ring (bicyclic) bond motifs is 1. The normalized spacial score (nSPS) is 16.5. The monoisotopic (exact) mass is 677 g/mol. The lowest BCUT2D eigenvalue weighted by Gasteiger charge is -2.39. The number of carbonyl (C=O) groups excluding carboxylic acids is 3. The van der Waals surface area contributed by atoms with Gasteiger partial charge >= 0.3 is 18.5 Å². The Labute approximate surface area is 274 Å². The van der Waals surface area contributed by atoms with Gasteiger partial charge in [-0.1, -0.05) is 0 Å². The molecule has 2 aliphatic rings. The number of ether oxygens (including phenoxy) is 3. The summed E-state index contributed by atoms with van der Waals surface area (Å²) in [5.74, 6) is -1.85. The molecule has 11 nitrogen and oxygen atoms in total. The van der Waals surface area contributed by atoms with E-state index in [1.54, 1.807) is 46.4 Å². The number of rotatable bonds is 5. The van der Waals surface area contributed by atoms with Crippen molar-refractivity contribution in [2.75, 3.05) is 31.5 Å². The Morgan fingerprint density at radius 1 is 0.917 bits per heavy atom. The fraction of sp³-hybridized carbons (Fsp3) is 0.515. The molecule has 1 aromatic carbocycles. The van der Waals surface area contributed by atoms with Gasteiger partial charge in [-0.2, -0.15) is 0 Å². The van der Waals surface area contributed by atoms with Crippen molar-refractivity contribution in [2.24, 2.45) is 0 Å². The van der Waals surface area contributed by atoms with E-state index in [1.165, 1.54) is 11.1 Å². The van der Waals surface area contributed by atoms with Gasteiger partial charge in [-0.05, 0) is 78.5 Å². The van der Waals surface area contributed by atoms with Gasteiger partial charge in [-0.25, -0.2) is 19.0 Å². The summed E-state index contributed by atoms with van der Waals surface area (Å²) in [5, 5.41) is 3.00. The van der Waals surface area contributed by atoms with Gasteiger partial charge in [-0.3, -0.25) is 10.1 Å². The summed E-state index contributed by atoms with van der Waals surface area (Å²) in [6.07, 6.45) is -4.35. The highest BCUT2D eigenvalue weighted by Gasteiger charge is 2.37. The molecule has 0 aliphatic carbocycles. The number of H-pyrrole nitrogens is 1. The average molecular weight is 678 g/mol. The Kier molecular flexibility index (Phi) is 9.28. The predicted molar refractivity (Wildman–Crippen MR) is 167 cm³/mol. The molecular weight excluding hydrogens is 638 g/mol. The van der Waals surface area contributed by atoms with Gasteiger partial charge in [0.2, 0.25) is 0 Å². The van der Waals surface area contributed by atoms with E-state index in [9.17, 15) is 27.6 Å². The van der Waals surface area contributed by atoms with Gasteiger partial charge in [-0.15, -0.1) is 13.2 Å². The molecule has 2 fully saturated rings. The smallest absolute Gasteiger partial charge is 0.444 e. The number of piperidine rings is 1. The number of benzene rings is 1. The van der Waals surface area contributed by atoms with E-state index in [1.807, 2.05) is 6.07 Å². The first kappa shape index (κ1) is 34.8. The Morgan fingerprint density at radius 3 is 2.17 bits per heavy atom. The summed E-state index contributed by atoms with van der Waals surface area (Å²) in [5.41, 5.74) is 0.0781. The van der Waals surface area contributed by atoms with Gasteiger partial charge < -0.3 is 29.0 Å². The van der Waals surface area contributed by atoms with E-state index >= 15 is 4.39 Å². The molecule has 2 N–H and O–H groups in total. The van der Waals surface area contributed by atoms with E-state index in [0.717, 1.165) is 23.9 Å². The van der Waals surface area contributed by atoms with Gasteiger partial charge in [0.1, 0.15) is 28.4 Å². The topological polar surface area (TPSA) is 126 Å². The second-order valence-electron chi connectivity index (χ2n) is 14.0. The lowest BCUT2D eigenvalue weighted by atomic mass is 9.87. The zero-order valence-electron chi connectivity index (χ0n) is 27.6. The van der Waals surface area contributed by atoms with Crippen LogP contribution < -0.4 is 10.1 Å². The van der Waals surface area contributed by atoms with Crippen LogP contribution >= 0.6 is 0 Å². The van der Waals surface area contributed by atoms with Crippen molar-refractivity contribution in [1.82, 2.24) is 19.8 Å². The van der Waals surface area contributed by atoms with Crippen LogP contribution in [0.25, 0.3) is 11.0 Å². The Balaban J connectivity index is 1.29. The highest BCUT2D eigenvalue weighted by molar-refractivity contribution is 6.03. The largest absolute Gasteiger partial charge is 0.573 e. The van der Waals surface area contributed by atoms with E-state index in [0.29, 0.717) is 42.5 Å². The number of carbonyl (C=O) groups is 3. The first-order chi connectivity index (χ1) is 22.3. The molecule has 0 radical (unpaired) electrons. The van der Waals surface area contributed by atoms with Crippen molar-refractivity contribution in [1.29, 1.82) is 0 Å². The summed E-state index contributed by atoms with van der Waals surface area (Å²) in [4.78, 5) is 49.1. The van der Waals surface area contributed by atoms with Crippen molar-refractivity contribution < 1.29 is 46.2 Å². The number of hydrogen-bond donors (Lipinski definition) is 2. The first-order valence-corrected chi connectivity index (χ1v) is 15.6. The highest BCUT2D eigenvalue weighted by Crippen LogP contribution is 2.38. The molecular formula is C33H39F4N5O6. The molecule has 4 heterocycles. The quantitative estimate of drug-likeness (QED) is 0.272. The summed E-state index contributed by atoms with van der Waals surface area (Å²) < 4.78 is 68.7. The van der Waals surface area contributed by atoms with Crippen LogP contribution in [0.1, 0.15) is 87.8 Å². The number of halogens is 4. The lowest BCUT2D eigenvalue weighted by molar-refractivity contribution is -0.274. The van der Waals surface area contributed by atoms with Crippen LogP contribution in [0.15, 0.2) is 30.5 Å². The number of hydrogen-bond acceptors (Lipinski definition) is 7. The maximum Gasteiger partial charge on any atom is 0.573 e. The molecule has 48 heavy (non-hydrogen) atoms. The number of nitrogens with zero attached hydrogens (tertiary/aromatic N) is 3. The van der Waals surface area contributed by atoms with Crippen molar-refractivity contribution in [3.63, 3.8) is 0 Å². The standard InChI is InChI=1S/C33H39F4N5O6/c1-31(2,3)47-29(44)40-25-13-20(46-33(35,36)37)7-8-21(25)28(43)41-11-9-18(10-12-41)26-22-14-24(39-27(22)38-15-23(26)34)19-16-42(17-19)30(45)48-32(4,5)6/h7-8,13-15,18-19H,9-12,16-17H2,1-6H3,(H,38,39)(H,40,44). The molecule has 3 amide bonds. The number of amides is 3. The molecule has 0 bridgehead atoms. The second kappa shape index (κ2) is 12.8. The number of anilines is 1. The molecule has 0 spiro atoms. The molecule has 0 unspecified atom stereocenters. The minimum Gasteiger partial charge on any atom is -0.444 e. The molecule has 2 saturated heterocycles. The maximum atomic E-state index is 15.3. The van der Waals surface area contributed by atoms with Gasteiger partial charge in [0.25, 0.3) is 5.91 Å². The SMILES string of the molecule is CC(C)(C)OC(=O)Nc1cc(OC(F)(F)F)ccc1C(=O)N1CCC(c2c(F)cnc3[nH]c(C4CN(C(=O)OC(C)(C)C)C4)cc23)CC1. The molecule has 15 heteroatoms. The minimum atomic E-state index is -4.98. The lowest BCUT2D eigenvalue weighted by Crippen LogP contribution is -2.50. The summed E-state index contributed by atoms with van der Waals surface area (Å²) in [7, 11) is 0. The molecule has 0 saturated carbocycles. The first-order valence-electron chi connectivity index (χ1n) is 15.6. The Morgan fingerprint density at radius 2 is 1.56 bits per heavy atom. The predicted octanol–water partition coefficient (Wildman–Crippen LogP) is 7.30. The minimum absolute atomic E-state index is 0.0125. The van der Waals surface area contributed by atoms with Crippen LogP contribution in [0.4, 0.5) is 32.8 Å². The molecule has 260 valence electrons. The fourth-order valence-electron chi connectivity index (χ4n) is 5.84. The third-order valence-electron chi connectivity index (χ3n) is 7.93. The number of nitrogens with one attached hydrogen (secondary N) is 2. The number of likely N-dealkylation sites (tertiary alicyclic amines) is 2. The number of pyridine rings is 1. The summed E-state index contributed by atoms with van der Waals surface area (Å²) in [6, 6.07) is 4.93. The third-order valence-corrected chi connectivity index (χ3v) is 7.93. The molecule has 2 aromatic heterocycles. The van der Waals surface area contributed by atoms with E-state index in [4.69, 9.17) is 9.47 Å². The number of alkyl halides is 3. The number of aromatic nitrogens is 2. The molecule has 5 rings (SSSR count). The summed E-state index contributed by atoms with van der Waals surface area (Å²) >= 11 is 0. The Hall–Kier alpha value is -4.56. The maximum absolute atomic E-state index is 15.3. The van der Waals surface area contributed by atoms with Crippen molar-refractivity contribution >= 4 is 34.8 Å². The van der Waals surface area contributed by atoms with E-state index < -0.39 is 41.1 Å². The molecule has 2 aliphatic heterocycles. The van der Waals surface area contributed by atoms with Gasteiger partial charge in [0.15, 0.2) is 0 Å². The molecule has 0 atom stereocenters. The Bertz CT molecular complexity index is 1700. The highest BCUT2D eigenvalue weighted by atomic mass is 19.4. The van der Waals surface area contributed by atoms with Crippen LogP contribution in [0.2, 0.25) is 0 Å². The zero-order chi connectivity index (χ0) is 35.2. The van der Waals surface area contributed by atoms with Gasteiger partial charge in [0, 0.05) is 54.8 Å². The van der Waals surface area contributed by atoms with E-state index in [2.05, 4.69) is 20.0 Å².